The van der Waals surface area contributed by atoms with Crippen molar-refractivity contribution in [2.75, 3.05) is 5.75 Å². The second kappa shape index (κ2) is 9.55. The number of nitrogens with one attached hydrogen (secondary N) is 1. The summed E-state index contributed by atoms with van der Waals surface area (Å²) in [6.07, 6.45) is 8.29. The lowest BCUT2D eigenvalue weighted by molar-refractivity contribution is -0.119. The van der Waals surface area contributed by atoms with Gasteiger partial charge in [-0.1, -0.05) is 44.4 Å². The van der Waals surface area contributed by atoms with Crippen LogP contribution in [-0.2, 0) is 11.3 Å². The summed E-state index contributed by atoms with van der Waals surface area (Å²) in [6.45, 7) is 5.11. The highest BCUT2D eigenvalue weighted by atomic mass is 32.2. The predicted molar refractivity (Wildman–Crippen MR) is 109 cm³/mol. The lowest BCUT2D eigenvalue weighted by Crippen LogP contribution is -2.35. The number of nitrogens with zero attached hydrogens (tertiary/aromatic N) is 3. The highest BCUT2D eigenvalue weighted by molar-refractivity contribution is 7.99. The van der Waals surface area contributed by atoms with Crippen molar-refractivity contribution in [2.45, 2.75) is 76.5 Å². The SMILES string of the molecule is CCCn1c(SCC(=O)NC2CCCCCC2)nnc1-c1csc(C)c1. The number of aryl methyl sites for hydroxylation is 1. The number of carbonyl (C=O) groups excluding carboxylic acids is 1. The van der Waals surface area contributed by atoms with Gasteiger partial charge in [0, 0.05) is 28.4 Å². The first kappa shape index (κ1) is 19.4. The van der Waals surface area contributed by atoms with Crippen molar-refractivity contribution in [3.8, 4) is 11.4 Å². The molecule has 1 N–H and O–H groups in total. The van der Waals surface area contributed by atoms with Crippen molar-refractivity contribution in [1.82, 2.24) is 20.1 Å². The summed E-state index contributed by atoms with van der Waals surface area (Å²) in [4.78, 5) is 13.6. The van der Waals surface area contributed by atoms with E-state index in [2.05, 4.69) is 45.4 Å². The van der Waals surface area contributed by atoms with Crippen molar-refractivity contribution in [2.24, 2.45) is 0 Å². The highest BCUT2D eigenvalue weighted by Crippen LogP contribution is 2.27. The molecule has 1 aliphatic rings. The Hall–Kier alpha value is -1.34. The largest absolute Gasteiger partial charge is 0.353 e. The number of aromatic nitrogens is 3. The van der Waals surface area contributed by atoms with E-state index in [1.54, 1.807) is 11.3 Å². The van der Waals surface area contributed by atoms with Gasteiger partial charge < -0.3 is 9.88 Å². The van der Waals surface area contributed by atoms with Gasteiger partial charge in [0.15, 0.2) is 11.0 Å². The third kappa shape index (κ3) is 5.10. The number of thiophene rings is 1. The minimum atomic E-state index is 0.112. The lowest BCUT2D eigenvalue weighted by atomic mass is 10.1. The quantitative estimate of drug-likeness (QED) is 0.550. The van der Waals surface area contributed by atoms with Crippen molar-refractivity contribution in [1.29, 1.82) is 0 Å². The molecule has 2 heterocycles. The smallest absolute Gasteiger partial charge is 0.230 e. The summed E-state index contributed by atoms with van der Waals surface area (Å²) in [5.74, 6) is 1.42. The molecule has 7 heteroatoms. The second-order valence-electron chi connectivity index (χ2n) is 6.95. The van der Waals surface area contributed by atoms with Gasteiger partial charge in [-0.15, -0.1) is 21.5 Å². The Morgan fingerprint density at radius 1 is 1.31 bits per heavy atom. The summed E-state index contributed by atoms with van der Waals surface area (Å²) < 4.78 is 2.14. The van der Waals surface area contributed by atoms with Crippen molar-refractivity contribution >= 4 is 29.0 Å². The molecule has 2 aromatic rings. The van der Waals surface area contributed by atoms with Gasteiger partial charge in [0.05, 0.1) is 5.75 Å². The molecule has 2 aromatic heterocycles. The summed E-state index contributed by atoms with van der Waals surface area (Å²) in [6, 6.07) is 2.50. The molecule has 0 radical (unpaired) electrons. The normalized spacial score (nSPS) is 15.8. The minimum Gasteiger partial charge on any atom is -0.353 e. The van der Waals surface area contributed by atoms with E-state index < -0.39 is 0 Å². The molecular formula is C19H28N4OS2. The molecule has 1 fully saturated rings. The fraction of sp³-hybridized carbons (Fsp3) is 0.632. The third-order valence-corrected chi connectivity index (χ3v) is 6.53. The Labute approximate surface area is 164 Å². The van der Waals surface area contributed by atoms with Crippen LogP contribution in [0.15, 0.2) is 16.6 Å². The number of rotatable bonds is 7. The highest BCUT2D eigenvalue weighted by Gasteiger charge is 2.18. The first-order valence-corrected chi connectivity index (χ1v) is 11.4. The average Bonchev–Trinajstić information content (AvgIpc) is 3.13. The van der Waals surface area contributed by atoms with Gasteiger partial charge in [0.25, 0.3) is 0 Å². The van der Waals surface area contributed by atoms with Crippen LogP contribution in [-0.4, -0.2) is 32.5 Å². The fourth-order valence-electron chi connectivity index (χ4n) is 3.42. The van der Waals surface area contributed by atoms with Crippen LogP contribution in [0.2, 0.25) is 0 Å². The Morgan fingerprint density at radius 3 is 2.73 bits per heavy atom. The van der Waals surface area contributed by atoms with E-state index in [0.717, 1.165) is 42.4 Å². The molecule has 0 spiro atoms. The van der Waals surface area contributed by atoms with Crippen LogP contribution in [0.5, 0.6) is 0 Å². The van der Waals surface area contributed by atoms with E-state index in [1.165, 1.54) is 42.3 Å². The molecule has 0 saturated heterocycles. The van der Waals surface area contributed by atoms with Gasteiger partial charge in [-0.05, 0) is 32.3 Å². The molecule has 0 aromatic carbocycles. The van der Waals surface area contributed by atoms with E-state index >= 15 is 0 Å². The van der Waals surface area contributed by atoms with Gasteiger partial charge >= 0.3 is 0 Å². The molecule has 26 heavy (non-hydrogen) atoms. The van der Waals surface area contributed by atoms with Gasteiger partial charge in [0.2, 0.25) is 5.91 Å². The Balaban J connectivity index is 1.62. The number of hydrogen-bond donors (Lipinski definition) is 1. The summed E-state index contributed by atoms with van der Waals surface area (Å²) >= 11 is 3.21. The molecule has 0 aliphatic heterocycles. The Kier molecular flexibility index (Phi) is 7.14. The molecule has 0 atom stereocenters. The molecular weight excluding hydrogens is 364 g/mol. The molecule has 142 valence electrons. The standard InChI is InChI=1S/C19H28N4OS2/c1-3-10-23-18(15-11-14(2)25-12-15)21-22-19(23)26-13-17(24)20-16-8-6-4-5-7-9-16/h11-12,16H,3-10,13H2,1-2H3,(H,20,24). The zero-order valence-electron chi connectivity index (χ0n) is 15.7. The fourth-order valence-corrected chi connectivity index (χ4v) is 4.88. The first-order valence-electron chi connectivity index (χ1n) is 9.58. The van der Waals surface area contributed by atoms with E-state index in [1.807, 2.05) is 0 Å². The second-order valence-corrected chi connectivity index (χ2v) is 9.01. The lowest BCUT2D eigenvalue weighted by Gasteiger charge is -2.16. The Morgan fingerprint density at radius 2 is 2.08 bits per heavy atom. The summed E-state index contributed by atoms with van der Waals surface area (Å²) in [5, 5.41) is 14.9. The van der Waals surface area contributed by atoms with Gasteiger partial charge in [-0.3, -0.25) is 4.79 Å². The van der Waals surface area contributed by atoms with E-state index in [4.69, 9.17) is 0 Å². The van der Waals surface area contributed by atoms with E-state index in [9.17, 15) is 4.79 Å². The molecule has 1 aliphatic carbocycles. The monoisotopic (exact) mass is 392 g/mol. The zero-order valence-corrected chi connectivity index (χ0v) is 17.3. The van der Waals surface area contributed by atoms with Gasteiger partial charge in [0.1, 0.15) is 0 Å². The van der Waals surface area contributed by atoms with Crippen molar-refractivity contribution < 1.29 is 4.79 Å². The van der Waals surface area contributed by atoms with E-state index in [0.29, 0.717) is 11.8 Å². The van der Waals surface area contributed by atoms with Crippen LogP contribution in [0.4, 0.5) is 0 Å². The van der Waals surface area contributed by atoms with Crippen molar-refractivity contribution in [3.05, 3.63) is 16.3 Å². The maximum absolute atomic E-state index is 12.4. The number of thioether (sulfide) groups is 1. The predicted octanol–water partition coefficient (Wildman–Crippen LogP) is 4.66. The topological polar surface area (TPSA) is 59.8 Å². The maximum Gasteiger partial charge on any atom is 0.230 e. The first-order chi connectivity index (χ1) is 12.7. The number of amides is 1. The minimum absolute atomic E-state index is 0.112. The van der Waals surface area contributed by atoms with Crippen LogP contribution in [0.1, 0.15) is 56.7 Å². The molecule has 1 saturated carbocycles. The molecule has 0 bridgehead atoms. The molecule has 5 nitrogen and oxygen atoms in total. The maximum atomic E-state index is 12.4. The Bertz CT molecular complexity index is 717. The number of carbonyl (C=O) groups is 1. The van der Waals surface area contributed by atoms with Crippen LogP contribution in [0, 0.1) is 6.92 Å². The molecule has 3 rings (SSSR count). The number of hydrogen-bond acceptors (Lipinski definition) is 5. The zero-order chi connectivity index (χ0) is 18.4. The average molecular weight is 393 g/mol. The van der Waals surface area contributed by atoms with Crippen molar-refractivity contribution in [3.63, 3.8) is 0 Å². The van der Waals surface area contributed by atoms with Crippen LogP contribution in [0.3, 0.4) is 0 Å². The van der Waals surface area contributed by atoms with Crippen LogP contribution in [0.25, 0.3) is 11.4 Å². The summed E-state index contributed by atoms with van der Waals surface area (Å²) in [5.41, 5.74) is 1.11. The molecule has 1 amide bonds. The van der Waals surface area contributed by atoms with Gasteiger partial charge in [-0.25, -0.2) is 0 Å². The third-order valence-electron chi connectivity index (χ3n) is 4.71. The van der Waals surface area contributed by atoms with E-state index in [-0.39, 0.29) is 5.91 Å². The summed E-state index contributed by atoms with van der Waals surface area (Å²) in [7, 11) is 0. The molecule has 0 unspecified atom stereocenters. The van der Waals surface area contributed by atoms with Crippen LogP contribution >= 0.6 is 23.1 Å². The van der Waals surface area contributed by atoms with Gasteiger partial charge in [-0.2, -0.15) is 0 Å². The van der Waals surface area contributed by atoms with Crippen LogP contribution < -0.4 is 5.32 Å².